The third kappa shape index (κ3) is 2.89. The third-order valence-corrected chi connectivity index (χ3v) is 6.21. The molecule has 0 saturated carbocycles. The van der Waals surface area contributed by atoms with Gasteiger partial charge in [0.05, 0.1) is 24.1 Å². The molecule has 5 nitrogen and oxygen atoms in total. The SMILES string of the molecule is CCc1nccn1C1CCCN(C(=O)c2cc3c(s2)CCOC3)C1. The number of hydrogen-bond donors (Lipinski definition) is 0. The van der Waals surface area contributed by atoms with E-state index in [-0.39, 0.29) is 5.91 Å². The van der Waals surface area contributed by atoms with Gasteiger partial charge in [-0.2, -0.15) is 0 Å². The maximum absolute atomic E-state index is 13.0. The molecule has 0 aliphatic carbocycles. The topological polar surface area (TPSA) is 47.4 Å². The van der Waals surface area contributed by atoms with E-state index < -0.39 is 0 Å². The molecular formula is C18H23N3O2S. The summed E-state index contributed by atoms with van der Waals surface area (Å²) in [4.78, 5) is 21.6. The van der Waals surface area contributed by atoms with E-state index in [1.54, 1.807) is 11.3 Å². The molecule has 0 N–H and O–H groups in total. The molecule has 6 heteroatoms. The predicted octanol–water partition coefficient (Wildman–Crippen LogP) is 3.06. The zero-order valence-electron chi connectivity index (χ0n) is 14.0. The molecule has 2 aromatic heterocycles. The van der Waals surface area contributed by atoms with Crippen LogP contribution in [0.15, 0.2) is 18.5 Å². The van der Waals surface area contributed by atoms with Crippen molar-refractivity contribution in [2.45, 2.75) is 45.3 Å². The first kappa shape index (κ1) is 15.8. The predicted molar refractivity (Wildman–Crippen MR) is 93.5 cm³/mol. The number of aromatic nitrogens is 2. The van der Waals surface area contributed by atoms with Gasteiger partial charge in [-0.1, -0.05) is 6.92 Å². The van der Waals surface area contributed by atoms with Gasteiger partial charge in [-0.15, -0.1) is 11.3 Å². The minimum atomic E-state index is 0.178. The van der Waals surface area contributed by atoms with Crippen molar-refractivity contribution < 1.29 is 9.53 Å². The average molecular weight is 345 g/mol. The van der Waals surface area contributed by atoms with Gasteiger partial charge >= 0.3 is 0 Å². The van der Waals surface area contributed by atoms with Crippen molar-refractivity contribution in [2.24, 2.45) is 0 Å². The molecule has 0 bridgehead atoms. The van der Waals surface area contributed by atoms with Crippen molar-refractivity contribution in [1.29, 1.82) is 0 Å². The lowest BCUT2D eigenvalue weighted by atomic mass is 10.0. The van der Waals surface area contributed by atoms with Crippen LogP contribution in [0.1, 0.15) is 51.7 Å². The van der Waals surface area contributed by atoms with Crippen LogP contribution in [0.3, 0.4) is 0 Å². The molecule has 1 amide bonds. The minimum absolute atomic E-state index is 0.178. The molecule has 1 unspecified atom stereocenters. The molecule has 24 heavy (non-hydrogen) atoms. The summed E-state index contributed by atoms with van der Waals surface area (Å²) in [5.74, 6) is 1.29. The van der Waals surface area contributed by atoms with Crippen molar-refractivity contribution in [3.8, 4) is 0 Å². The fraction of sp³-hybridized carbons (Fsp3) is 0.556. The van der Waals surface area contributed by atoms with Crippen LogP contribution in [-0.4, -0.2) is 40.1 Å². The van der Waals surface area contributed by atoms with Crippen molar-refractivity contribution >= 4 is 17.2 Å². The number of rotatable bonds is 3. The molecule has 2 aliphatic heterocycles. The first-order valence-electron chi connectivity index (χ1n) is 8.76. The summed E-state index contributed by atoms with van der Waals surface area (Å²) in [6.45, 7) is 5.18. The maximum atomic E-state index is 13.0. The molecule has 1 saturated heterocycles. The van der Waals surface area contributed by atoms with E-state index in [2.05, 4.69) is 22.7 Å². The number of hydrogen-bond acceptors (Lipinski definition) is 4. The number of thiophene rings is 1. The lowest BCUT2D eigenvalue weighted by molar-refractivity contribution is 0.0682. The Hall–Kier alpha value is -1.66. The summed E-state index contributed by atoms with van der Waals surface area (Å²) >= 11 is 1.65. The number of nitrogens with zero attached hydrogens (tertiary/aromatic N) is 3. The van der Waals surface area contributed by atoms with Gasteiger partial charge in [0, 0.05) is 43.2 Å². The van der Waals surface area contributed by atoms with Crippen LogP contribution < -0.4 is 0 Å². The summed E-state index contributed by atoms with van der Waals surface area (Å²) in [7, 11) is 0. The molecule has 1 atom stereocenters. The minimum Gasteiger partial charge on any atom is -0.376 e. The Morgan fingerprint density at radius 1 is 1.50 bits per heavy atom. The zero-order valence-corrected chi connectivity index (χ0v) is 14.8. The molecule has 0 radical (unpaired) electrons. The second-order valence-electron chi connectivity index (χ2n) is 6.51. The molecule has 1 fully saturated rings. The zero-order chi connectivity index (χ0) is 16.5. The van der Waals surface area contributed by atoms with Gasteiger partial charge in [0.2, 0.25) is 0 Å². The Kier molecular flexibility index (Phi) is 4.41. The lowest BCUT2D eigenvalue weighted by Gasteiger charge is -2.33. The Bertz CT molecular complexity index is 713. The summed E-state index contributed by atoms with van der Waals surface area (Å²) in [5.41, 5.74) is 1.20. The number of aryl methyl sites for hydroxylation is 1. The fourth-order valence-electron chi connectivity index (χ4n) is 3.72. The standard InChI is InChI=1S/C18H23N3O2S/c1-2-17-19-6-8-21(17)14-4-3-7-20(11-14)18(22)16-10-13-12-23-9-5-15(13)24-16/h6,8,10,14H,2-5,7,9,11-12H2,1H3. The number of fused-ring (bicyclic) bond motifs is 1. The largest absolute Gasteiger partial charge is 0.376 e. The number of amides is 1. The second-order valence-corrected chi connectivity index (χ2v) is 7.65. The molecule has 2 aromatic rings. The Labute approximate surface area is 146 Å². The third-order valence-electron chi connectivity index (χ3n) is 4.98. The molecule has 128 valence electrons. The smallest absolute Gasteiger partial charge is 0.264 e. The van der Waals surface area contributed by atoms with Gasteiger partial charge in [0.1, 0.15) is 5.82 Å². The van der Waals surface area contributed by atoms with Crippen molar-refractivity contribution in [2.75, 3.05) is 19.7 Å². The molecule has 2 aliphatic rings. The monoisotopic (exact) mass is 345 g/mol. The van der Waals surface area contributed by atoms with Gasteiger partial charge in [0.25, 0.3) is 5.91 Å². The number of imidazole rings is 1. The van der Waals surface area contributed by atoms with E-state index in [1.807, 2.05) is 17.2 Å². The summed E-state index contributed by atoms with van der Waals surface area (Å²) in [6, 6.07) is 2.39. The quantitative estimate of drug-likeness (QED) is 0.859. The molecule has 0 aromatic carbocycles. The first-order chi connectivity index (χ1) is 11.8. The van der Waals surface area contributed by atoms with E-state index in [4.69, 9.17) is 4.74 Å². The van der Waals surface area contributed by atoms with Crippen LogP contribution in [0.4, 0.5) is 0 Å². The van der Waals surface area contributed by atoms with Crippen LogP contribution in [0.25, 0.3) is 0 Å². The van der Waals surface area contributed by atoms with Crippen LogP contribution in [0.5, 0.6) is 0 Å². The highest BCUT2D eigenvalue weighted by molar-refractivity contribution is 7.14. The Balaban J connectivity index is 1.51. The summed E-state index contributed by atoms with van der Waals surface area (Å²) in [6.07, 6.45) is 7.94. The normalized spacial score (nSPS) is 20.9. The molecular weight excluding hydrogens is 322 g/mol. The van der Waals surface area contributed by atoms with Crippen LogP contribution in [0, 0.1) is 0 Å². The van der Waals surface area contributed by atoms with Crippen LogP contribution in [0.2, 0.25) is 0 Å². The van der Waals surface area contributed by atoms with Gasteiger partial charge in [-0.25, -0.2) is 4.98 Å². The highest BCUT2D eigenvalue weighted by atomic mass is 32.1. The van der Waals surface area contributed by atoms with E-state index in [9.17, 15) is 4.79 Å². The van der Waals surface area contributed by atoms with E-state index in [1.165, 1.54) is 10.4 Å². The molecule has 4 rings (SSSR count). The van der Waals surface area contributed by atoms with Crippen molar-refractivity contribution in [3.63, 3.8) is 0 Å². The van der Waals surface area contributed by atoms with Gasteiger partial charge in [-0.3, -0.25) is 4.79 Å². The Morgan fingerprint density at radius 2 is 2.42 bits per heavy atom. The van der Waals surface area contributed by atoms with Crippen molar-refractivity contribution in [3.05, 3.63) is 39.6 Å². The number of carbonyl (C=O) groups excluding carboxylic acids is 1. The van der Waals surface area contributed by atoms with E-state index >= 15 is 0 Å². The van der Waals surface area contributed by atoms with Gasteiger partial charge < -0.3 is 14.2 Å². The van der Waals surface area contributed by atoms with Crippen LogP contribution in [-0.2, 0) is 24.2 Å². The highest BCUT2D eigenvalue weighted by Crippen LogP contribution is 2.30. The summed E-state index contributed by atoms with van der Waals surface area (Å²) < 4.78 is 7.75. The number of likely N-dealkylation sites (tertiary alicyclic amines) is 1. The first-order valence-corrected chi connectivity index (χ1v) is 9.58. The van der Waals surface area contributed by atoms with E-state index in [0.29, 0.717) is 12.6 Å². The number of ether oxygens (including phenoxy) is 1. The molecule has 0 spiro atoms. The van der Waals surface area contributed by atoms with Gasteiger partial charge in [-0.05, 0) is 24.5 Å². The average Bonchev–Trinajstić information content (AvgIpc) is 3.27. The van der Waals surface area contributed by atoms with Crippen molar-refractivity contribution in [1.82, 2.24) is 14.5 Å². The van der Waals surface area contributed by atoms with Crippen LogP contribution >= 0.6 is 11.3 Å². The van der Waals surface area contributed by atoms with E-state index in [0.717, 1.165) is 56.1 Å². The second kappa shape index (κ2) is 6.69. The fourth-order valence-corrected chi connectivity index (χ4v) is 4.84. The van der Waals surface area contributed by atoms with Gasteiger partial charge in [0.15, 0.2) is 0 Å². The summed E-state index contributed by atoms with van der Waals surface area (Å²) in [5, 5.41) is 0. The Morgan fingerprint density at radius 3 is 3.25 bits per heavy atom. The lowest BCUT2D eigenvalue weighted by Crippen LogP contribution is -2.40. The maximum Gasteiger partial charge on any atom is 0.264 e. The molecule has 4 heterocycles. The number of carbonyl (C=O) groups is 1. The number of piperidine rings is 1. The highest BCUT2D eigenvalue weighted by Gasteiger charge is 2.28.